The molecule has 1 saturated heterocycles. The zero-order valence-electron chi connectivity index (χ0n) is 12.2. The van der Waals surface area contributed by atoms with Gasteiger partial charge in [0.05, 0.1) is 5.69 Å². The molecule has 3 heterocycles. The fraction of sp³-hybridized carbons (Fsp3) is 0.533. The lowest BCUT2D eigenvalue weighted by molar-refractivity contribution is 0.0684. The topological polar surface area (TPSA) is 72.1 Å². The van der Waals surface area contributed by atoms with Crippen LogP contribution in [0.3, 0.4) is 0 Å². The first-order valence-electron chi connectivity index (χ1n) is 7.52. The lowest BCUT2D eigenvalue weighted by Crippen LogP contribution is -2.39. The number of nitrogens with two attached hydrogens (primary N) is 1. The lowest BCUT2D eigenvalue weighted by Gasteiger charge is -2.29. The van der Waals surface area contributed by atoms with Crippen molar-refractivity contribution in [2.45, 2.75) is 45.1 Å². The Morgan fingerprint density at radius 1 is 1.38 bits per heavy atom. The Bertz CT molecular complexity index is 654. The van der Waals surface area contributed by atoms with Crippen molar-refractivity contribution in [3.8, 4) is 0 Å². The van der Waals surface area contributed by atoms with Crippen LogP contribution in [0, 0.1) is 0 Å². The van der Waals surface area contributed by atoms with E-state index >= 15 is 0 Å². The summed E-state index contributed by atoms with van der Waals surface area (Å²) in [6.07, 6.45) is 8.80. The normalized spacial score (nSPS) is 19.7. The molecule has 3 rings (SSSR count). The molecule has 21 heavy (non-hydrogen) atoms. The van der Waals surface area contributed by atoms with Gasteiger partial charge in [-0.15, -0.1) is 11.3 Å². The summed E-state index contributed by atoms with van der Waals surface area (Å²) in [6.45, 7) is 2.97. The first kappa shape index (κ1) is 14.3. The van der Waals surface area contributed by atoms with Gasteiger partial charge in [0.2, 0.25) is 0 Å². The Morgan fingerprint density at radius 3 is 2.95 bits per heavy atom. The number of aromatic nitrogens is 2. The van der Waals surface area contributed by atoms with Gasteiger partial charge in [0.25, 0.3) is 5.91 Å². The molecule has 2 N–H and O–H groups in total. The molecular weight excluding hydrogens is 284 g/mol. The number of fused-ring (bicyclic) bond motifs is 1. The Labute approximate surface area is 128 Å². The number of hydrogen-bond donors (Lipinski definition) is 1. The van der Waals surface area contributed by atoms with E-state index in [1.54, 1.807) is 12.4 Å². The molecule has 112 valence electrons. The van der Waals surface area contributed by atoms with Crippen LogP contribution in [0.5, 0.6) is 0 Å². The van der Waals surface area contributed by atoms with Crippen LogP contribution < -0.4 is 5.73 Å². The standard InChI is InChI=1S/C15H20N4OS/c1-2-10-6-4-3-5-9-19(10)15(20)13-11(16)12-14(21-13)18-8-7-17-12/h7-8,10H,2-6,9,16H2,1H3. The number of hydrogen-bond acceptors (Lipinski definition) is 5. The van der Waals surface area contributed by atoms with Crippen LogP contribution in [0.1, 0.15) is 48.7 Å². The van der Waals surface area contributed by atoms with Crippen molar-refractivity contribution in [1.82, 2.24) is 14.9 Å². The molecule has 0 radical (unpaired) electrons. The van der Waals surface area contributed by atoms with Crippen LogP contribution in [0.15, 0.2) is 12.4 Å². The molecule has 6 heteroatoms. The SMILES string of the molecule is CCC1CCCCCN1C(=O)c1sc2nccnc2c1N. The van der Waals surface area contributed by atoms with E-state index in [0.717, 1.165) is 30.6 Å². The number of rotatable bonds is 2. The fourth-order valence-electron chi connectivity index (χ4n) is 3.00. The maximum atomic E-state index is 12.9. The second-order valence-electron chi connectivity index (χ2n) is 5.46. The van der Waals surface area contributed by atoms with Crippen LogP contribution in [0.25, 0.3) is 10.3 Å². The highest BCUT2D eigenvalue weighted by atomic mass is 32.1. The average Bonchev–Trinajstić information content (AvgIpc) is 2.71. The van der Waals surface area contributed by atoms with Crippen LogP contribution in [-0.2, 0) is 0 Å². The van der Waals surface area contributed by atoms with E-state index < -0.39 is 0 Å². The van der Waals surface area contributed by atoms with E-state index in [9.17, 15) is 4.79 Å². The van der Waals surface area contributed by atoms with Crippen LogP contribution >= 0.6 is 11.3 Å². The smallest absolute Gasteiger partial charge is 0.266 e. The molecule has 1 aliphatic rings. The summed E-state index contributed by atoms with van der Waals surface area (Å²) in [6, 6.07) is 0.325. The molecule has 1 atom stereocenters. The van der Waals surface area contributed by atoms with E-state index in [-0.39, 0.29) is 5.91 Å². The third-order valence-corrected chi connectivity index (χ3v) is 5.26. The minimum Gasteiger partial charge on any atom is -0.396 e. The molecular formula is C15H20N4OS. The molecule has 0 aliphatic carbocycles. The van der Waals surface area contributed by atoms with Crippen molar-refractivity contribution in [1.29, 1.82) is 0 Å². The van der Waals surface area contributed by atoms with Crippen molar-refractivity contribution < 1.29 is 4.79 Å². The molecule has 2 aromatic rings. The van der Waals surface area contributed by atoms with Crippen LogP contribution in [0.4, 0.5) is 5.69 Å². The van der Waals surface area contributed by atoms with Gasteiger partial charge in [-0.05, 0) is 19.3 Å². The largest absolute Gasteiger partial charge is 0.396 e. The number of anilines is 1. The van der Waals surface area contributed by atoms with Gasteiger partial charge in [0, 0.05) is 25.0 Å². The third-order valence-electron chi connectivity index (χ3n) is 4.17. The van der Waals surface area contributed by atoms with Crippen molar-refractivity contribution in [2.75, 3.05) is 12.3 Å². The number of carbonyl (C=O) groups excluding carboxylic acids is 1. The predicted molar refractivity (Wildman–Crippen MR) is 85.4 cm³/mol. The van der Waals surface area contributed by atoms with Gasteiger partial charge >= 0.3 is 0 Å². The highest BCUT2D eigenvalue weighted by molar-refractivity contribution is 7.21. The second-order valence-corrected chi connectivity index (χ2v) is 6.46. The number of nitrogens with zero attached hydrogens (tertiary/aromatic N) is 3. The van der Waals surface area contributed by atoms with Crippen molar-refractivity contribution >= 4 is 33.3 Å². The minimum absolute atomic E-state index is 0.0473. The average molecular weight is 304 g/mol. The maximum absolute atomic E-state index is 12.9. The molecule has 1 amide bonds. The molecule has 1 fully saturated rings. The van der Waals surface area contributed by atoms with Gasteiger partial charge in [-0.3, -0.25) is 4.79 Å². The third kappa shape index (κ3) is 2.60. The van der Waals surface area contributed by atoms with Crippen molar-refractivity contribution in [3.05, 3.63) is 17.3 Å². The summed E-state index contributed by atoms with van der Waals surface area (Å²) < 4.78 is 0. The highest BCUT2D eigenvalue weighted by Crippen LogP contribution is 2.33. The van der Waals surface area contributed by atoms with E-state index in [4.69, 9.17) is 5.73 Å². The molecule has 5 nitrogen and oxygen atoms in total. The lowest BCUT2D eigenvalue weighted by atomic mass is 10.1. The number of nitrogen functional groups attached to an aromatic ring is 1. The van der Waals surface area contributed by atoms with Crippen molar-refractivity contribution in [3.63, 3.8) is 0 Å². The summed E-state index contributed by atoms with van der Waals surface area (Å²) in [5, 5.41) is 0. The molecule has 2 aromatic heterocycles. The number of thiophene rings is 1. The van der Waals surface area contributed by atoms with Crippen LogP contribution in [0.2, 0.25) is 0 Å². The zero-order valence-corrected chi connectivity index (χ0v) is 13.0. The molecule has 0 spiro atoms. The Morgan fingerprint density at radius 2 is 2.19 bits per heavy atom. The Kier molecular flexibility index (Phi) is 4.05. The van der Waals surface area contributed by atoms with E-state index in [0.29, 0.717) is 22.1 Å². The summed E-state index contributed by atoms with van der Waals surface area (Å²) in [4.78, 5) is 24.7. The predicted octanol–water partition coefficient (Wildman–Crippen LogP) is 3.07. The highest BCUT2D eigenvalue weighted by Gasteiger charge is 2.28. The van der Waals surface area contributed by atoms with Crippen molar-refractivity contribution in [2.24, 2.45) is 0 Å². The monoisotopic (exact) mass is 304 g/mol. The van der Waals surface area contributed by atoms with E-state index in [2.05, 4.69) is 16.9 Å². The number of carbonyl (C=O) groups is 1. The van der Waals surface area contributed by atoms with Crippen LogP contribution in [-0.4, -0.2) is 33.4 Å². The quantitative estimate of drug-likeness (QED) is 0.925. The second kappa shape index (κ2) is 5.97. The summed E-state index contributed by atoms with van der Waals surface area (Å²) in [5.41, 5.74) is 7.26. The Hall–Kier alpha value is -1.69. The van der Waals surface area contributed by atoms with Gasteiger partial charge in [-0.1, -0.05) is 19.8 Å². The molecule has 1 unspecified atom stereocenters. The summed E-state index contributed by atoms with van der Waals surface area (Å²) in [5.74, 6) is 0.0473. The first-order valence-corrected chi connectivity index (χ1v) is 8.34. The summed E-state index contributed by atoms with van der Waals surface area (Å²) in [7, 11) is 0. The fourth-order valence-corrected chi connectivity index (χ4v) is 3.98. The summed E-state index contributed by atoms with van der Waals surface area (Å²) >= 11 is 1.36. The number of likely N-dealkylation sites (tertiary alicyclic amines) is 1. The molecule has 1 aliphatic heterocycles. The molecule has 0 bridgehead atoms. The molecule has 0 saturated carbocycles. The van der Waals surface area contributed by atoms with Gasteiger partial charge in [0.15, 0.2) is 0 Å². The Balaban J connectivity index is 1.96. The minimum atomic E-state index is 0.0473. The zero-order chi connectivity index (χ0) is 14.8. The van der Waals surface area contributed by atoms with Gasteiger partial charge < -0.3 is 10.6 Å². The van der Waals surface area contributed by atoms with Gasteiger partial charge in [-0.25, -0.2) is 9.97 Å². The van der Waals surface area contributed by atoms with Gasteiger partial charge in [-0.2, -0.15) is 0 Å². The maximum Gasteiger partial charge on any atom is 0.266 e. The first-order chi connectivity index (χ1) is 10.2. The molecule has 0 aromatic carbocycles. The number of amides is 1. The van der Waals surface area contributed by atoms with E-state index in [1.807, 2.05) is 4.90 Å². The van der Waals surface area contributed by atoms with Gasteiger partial charge in [0.1, 0.15) is 15.2 Å². The van der Waals surface area contributed by atoms with E-state index in [1.165, 1.54) is 24.2 Å².